The van der Waals surface area contributed by atoms with Gasteiger partial charge < -0.3 is 20.1 Å². The first kappa shape index (κ1) is 25.7. The fraction of sp³-hybridized carbons (Fsp3) is 0.423. The largest absolute Gasteiger partial charge is 0.507 e. The summed E-state index contributed by atoms with van der Waals surface area (Å²) in [5, 5.41) is 21.8. The Morgan fingerprint density at radius 3 is 2.56 bits per heavy atom. The average Bonchev–Trinajstić information content (AvgIpc) is 3.43. The molecule has 8 heteroatoms. The average molecular weight is 530 g/mol. The van der Waals surface area contributed by atoms with Crippen molar-refractivity contribution in [3.8, 4) is 11.5 Å². The van der Waals surface area contributed by atoms with Crippen molar-refractivity contribution in [2.45, 2.75) is 52.0 Å². The summed E-state index contributed by atoms with van der Waals surface area (Å²) in [7, 11) is 1.56. The molecule has 2 aliphatic rings. The highest BCUT2D eigenvalue weighted by molar-refractivity contribution is 8.93. The van der Waals surface area contributed by atoms with Gasteiger partial charge in [-0.3, -0.25) is 15.0 Å². The van der Waals surface area contributed by atoms with Crippen molar-refractivity contribution in [2.24, 2.45) is 0 Å². The molecule has 0 saturated heterocycles. The van der Waals surface area contributed by atoms with Crippen LogP contribution in [0, 0.1) is 12.3 Å². The van der Waals surface area contributed by atoms with Crippen LogP contribution in [0.25, 0.3) is 0 Å². The van der Waals surface area contributed by atoms with Gasteiger partial charge in [0.2, 0.25) is 0 Å². The summed E-state index contributed by atoms with van der Waals surface area (Å²) in [5.41, 5.74) is 4.02. The number of Topliss-reactive ketones (excluding diaryl/α,β-unsaturated/α-hetero) is 1. The van der Waals surface area contributed by atoms with E-state index in [-0.39, 0.29) is 41.1 Å². The van der Waals surface area contributed by atoms with E-state index >= 15 is 0 Å². The zero-order valence-electron chi connectivity index (χ0n) is 19.9. The van der Waals surface area contributed by atoms with Gasteiger partial charge in [-0.05, 0) is 73.6 Å². The Morgan fingerprint density at radius 2 is 1.91 bits per heavy atom. The zero-order chi connectivity index (χ0) is 23.7. The van der Waals surface area contributed by atoms with Crippen LogP contribution in [-0.2, 0) is 6.54 Å². The lowest BCUT2D eigenvalue weighted by molar-refractivity contribution is 0.0953. The van der Waals surface area contributed by atoms with E-state index in [0.717, 1.165) is 36.8 Å². The lowest BCUT2D eigenvalue weighted by atomic mass is 9.91. The van der Waals surface area contributed by atoms with Crippen molar-refractivity contribution in [3.05, 3.63) is 57.6 Å². The number of halogens is 1. The maximum Gasteiger partial charge on any atom is 0.254 e. The number of hydrogen-bond acceptors (Lipinski definition) is 5. The minimum atomic E-state index is -0.275. The standard InChI is InChI=1S/C26H31N3O4.BrH/c1-4-33-23-11-18-13-29(25(27)20(18)12-21(23)26(32)28-3)14-22(30)17-9-15(2)24(31)19(10-17)16-7-5-6-8-16;/h9-12,16,27,31H,4-8,13-14H2,1-3H3,(H,28,32);1H. The Balaban J connectivity index is 0.00000324. The van der Waals surface area contributed by atoms with Crippen molar-refractivity contribution < 1.29 is 19.4 Å². The summed E-state index contributed by atoms with van der Waals surface area (Å²) in [6.45, 7) is 4.56. The predicted octanol–water partition coefficient (Wildman–Crippen LogP) is 4.72. The molecular formula is C26H32BrN3O4. The van der Waals surface area contributed by atoms with Gasteiger partial charge in [0, 0.05) is 24.7 Å². The predicted molar refractivity (Wildman–Crippen MR) is 137 cm³/mol. The number of ether oxygens (including phenoxy) is 1. The van der Waals surface area contributed by atoms with E-state index in [0.29, 0.717) is 52.8 Å². The molecule has 1 heterocycles. The summed E-state index contributed by atoms with van der Waals surface area (Å²) in [4.78, 5) is 27.2. The van der Waals surface area contributed by atoms with Gasteiger partial charge in [0.15, 0.2) is 5.78 Å². The van der Waals surface area contributed by atoms with Gasteiger partial charge in [0.1, 0.15) is 17.3 Å². The highest BCUT2D eigenvalue weighted by atomic mass is 79.9. The Kier molecular flexibility index (Phi) is 8.02. The fourth-order valence-electron chi connectivity index (χ4n) is 4.93. The molecule has 1 aliphatic heterocycles. The van der Waals surface area contributed by atoms with Gasteiger partial charge in [-0.1, -0.05) is 12.8 Å². The van der Waals surface area contributed by atoms with Crippen molar-refractivity contribution >= 4 is 34.5 Å². The number of carbonyl (C=O) groups excluding carboxylic acids is 2. The number of aryl methyl sites for hydroxylation is 1. The molecule has 34 heavy (non-hydrogen) atoms. The summed E-state index contributed by atoms with van der Waals surface area (Å²) >= 11 is 0. The Labute approximate surface area is 210 Å². The second kappa shape index (κ2) is 10.6. The Morgan fingerprint density at radius 1 is 1.21 bits per heavy atom. The number of phenols is 1. The van der Waals surface area contributed by atoms with Gasteiger partial charge in [-0.15, -0.1) is 17.0 Å². The maximum absolute atomic E-state index is 13.2. The number of benzene rings is 2. The van der Waals surface area contributed by atoms with Crippen molar-refractivity contribution in [1.29, 1.82) is 5.41 Å². The number of aromatic hydroxyl groups is 1. The number of nitrogens with zero attached hydrogens (tertiary/aromatic N) is 1. The molecule has 7 nitrogen and oxygen atoms in total. The summed E-state index contributed by atoms with van der Waals surface area (Å²) in [6.07, 6.45) is 4.36. The second-order valence-electron chi connectivity index (χ2n) is 8.86. The van der Waals surface area contributed by atoms with Crippen LogP contribution in [0.15, 0.2) is 24.3 Å². The molecule has 4 rings (SSSR count). The number of phenolic OH excluding ortho intramolecular Hbond substituents is 1. The summed E-state index contributed by atoms with van der Waals surface area (Å²) in [5.74, 6) is 0.926. The van der Waals surface area contributed by atoms with Gasteiger partial charge in [0.05, 0.1) is 18.7 Å². The monoisotopic (exact) mass is 529 g/mol. The molecule has 182 valence electrons. The number of carbonyl (C=O) groups is 2. The third-order valence-electron chi connectivity index (χ3n) is 6.69. The first-order valence-electron chi connectivity index (χ1n) is 11.6. The van der Waals surface area contributed by atoms with Crippen LogP contribution >= 0.6 is 17.0 Å². The lowest BCUT2D eigenvalue weighted by Gasteiger charge is -2.19. The minimum Gasteiger partial charge on any atom is -0.507 e. The lowest BCUT2D eigenvalue weighted by Crippen LogP contribution is -2.30. The normalized spacial score (nSPS) is 15.1. The number of nitrogens with one attached hydrogen (secondary N) is 2. The molecule has 3 N–H and O–H groups in total. The first-order chi connectivity index (χ1) is 15.8. The first-order valence-corrected chi connectivity index (χ1v) is 11.6. The number of rotatable bonds is 7. The van der Waals surface area contributed by atoms with E-state index < -0.39 is 0 Å². The van der Waals surface area contributed by atoms with Gasteiger partial charge in [-0.25, -0.2) is 0 Å². The second-order valence-corrected chi connectivity index (χ2v) is 8.86. The molecule has 2 aromatic carbocycles. The third-order valence-corrected chi connectivity index (χ3v) is 6.69. The molecule has 2 aromatic rings. The van der Waals surface area contributed by atoms with Crippen molar-refractivity contribution in [3.63, 3.8) is 0 Å². The number of hydrogen-bond donors (Lipinski definition) is 3. The highest BCUT2D eigenvalue weighted by Crippen LogP contribution is 2.40. The summed E-state index contributed by atoms with van der Waals surface area (Å²) in [6, 6.07) is 7.05. The maximum atomic E-state index is 13.2. The Hall–Kier alpha value is -2.87. The molecule has 0 atom stereocenters. The van der Waals surface area contributed by atoms with Crippen LogP contribution in [0.2, 0.25) is 0 Å². The van der Waals surface area contributed by atoms with Crippen LogP contribution in [0.5, 0.6) is 11.5 Å². The van der Waals surface area contributed by atoms with Crippen molar-refractivity contribution in [1.82, 2.24) is 10.2 Å². The Bertz CT molecular complexity index is 1130. The molecule has 1 amide bonds. The SMILES string of the molecule is Br.CCOc1cc2c(cc1C(=O)NC)C(=N)N(CC(=O)c1cc(C)c(O)c(C3CCCC3)c1)C2. The van der Waals surface area contributed by atoms with E-state index in [1.165, 1.54) is 0 Å². The summed E-state index contributed by atoms with van der Waals surface area (Å²) < 4.78 is 5.65. The van der Waals surface area contributed by atoms with Crippen LogP contribution in [0.1, 0.15) is 81.5 Å². The van der Waals surface area contributed by atoms with Crippen molar-refractivity contribution in [2.75, 3.05) is 20.2 Å². The molecule has 0 aromatic heterocycles. The zero-order valence-corrected chi connectivity index (χ0v) is 21.6. The molecule has 0 unspecified atom stereocenters. The number of amides is 1. The van der Waals surface area contributed by atoms with E-state index in [2.05, 4.69) is 5.32 Å². The molecule has 0 bridgehead atoms. The molecule has 1 aliphatic carbocycles. The van der Waals surface area contributed by atoms with E-state index in [4.69, 9.17) is 10.1 Å². The molecule has 1 saturated carbocycles. The molecule has 0 radical (unpaired) electrons. The number of ketones is 1. The van der Waals surface area contributed by atoms with Crippen LogP contribution in [0.4, 0.5) is 0 Å². The quantitative estimate of drug-likeness (QED) is 0.450. The topological polar surface area (TPSA) is 103 Å². The molecule has 1 fully saturated rings. The van der Waals surface area contributed by atoms with Gasteiger partial charge >= 0.3 is 0 Å². The van der Waals surface area contributed by atoms with Crippen LogP contribution in [0.3, 0.4) is 0 Å². The number of amidine groups is 1. The molecule has 0 spiro atoms. The molecular weight excluding hydrogens is 498 g/mol. The number of fused-ring (bicyclic) bond motifs is 1. The van der Waals surface area contributed by atoms with Gasteiger partial charge in [0.25, 0.3) is 5.91 Å². The third kappa shape index (κ3) is 4.82. The van der Waals surface area contributed by atoms with E-state index in [1.807, 2.05) is 19.9 Å². The van der Waals surface area contributed by atoms with E-state index in [1.54, 1.807) is 30.1 Å². The van der Waals surface area contributed by atoms with Crippen LogP contribution in [-0.4, -0.2) is 47.7 Å². The van der Waals surface area contributed by atoms with Gasteiger partial charge in [-0.2, -0.15) is 0 Å². The smallest absolute Gasteiger partial charge is 0.254 e. The fourth-order valence-corrected chi connectivity index (χ4v) is 4.93. The minimum absolute atomic E-state index is 0. The van der Waals surface area contributed by atoms with Crippen LogP contribution < -0.4 is 10.1 Å². The van der Waals surface area contributed by atoms with E-state index in [9.17, 15) is 14.7 Å². The highest BCUT2D eigenvalue weighted by Gasteiger charge is 2.30.